The molecule has 1 amide bonds. The molecule has 0 radical (unpaired) electrons. The number of carbonyl (C=O) groups excluding carboxylic acids is 1. The Morgan fingerprint density at radius 1 is 1.14 bits per heavy atom. The highest BCUT2D eigenvalue weighted by molar-refractivity contribution is 7.89. The van der Waals surface area contributed by atoms with Crippen LogP contribution < -0.4 is 15.0 Å². The van der Waals surface area contributed by atoms with Gasteiger partial charge in [0.2, 0.25) is 10.0 Å². The first-order valence-electron chi connectivity index (χ1n) is 12.1. The Hall–Kier alpha value is -3.11. The van der Waals surface area contributed by atoms with E-state index in [0.717, 1.165) is 36.3 Å². The lowest BCUT2D eigenvalue weighted by molar-refractivity contribution is -0.127. The van der Waals surface area contributed by atoms with Crippen LogP contribution >= 0.6 is 0 Å². The molecule has 5 rings (SSSR count). The maximum absolute atomic E-state index is 13.2. The zero-order valence-corrected chi connectivity index (χ0v) is 20.9. The molecule has 3 aromatic rings. The summed E-state index contributed by atoms with van der Waals surface area (Å²) in [5, 5.41) is 2.67. The largest absolute Gasteiger partial charge is 0.477 e. The van der Waals surface area contributed by atoms with Crippen molar-refractivity contribution in [1.29, 1.82) is 0 Å². The average Bonchev–Trinajstić information content (AvgIpc) is 3.24. The van der Waals surface area contributed by atoms with Crippen LogP contribution in [0.4, 0.5) is 5.69 Å². The molecule has 1 atom stereocenters. The molecule has 2 aliphatic heterocycles. The molecule has 186 valence electrons. The van der Waals surface area contributed by atoms with Gasteiger partial charge in [-0.25, -0.2) is 13.4 Å². The number of amides is 1. The summed E-state index contributed by atoms with van der Waals surface area (Å²) >= 11 is 0. The van der Waals surface area contributed by atoms with Gasteiger partial charge in [-0.05, 0) is 50.1 Å². The second-order valence-electron chi connectivity index (χ2n) is 8.96. The van der Waals surface area contributed by atoms with E-state index in [2.05, 4.69) is 14.8 Å². The van der Waals surface area contributed by atoms with Crippen LogP contribution in [0.3, 0.4) is 0 Å². The SMILES string of the molecule is CCn1c(CN2CC(C(=O)NC)Oc3ccccc32)nc2cc(S(=O)(=O)N3CCCCC3)ccc21. The molecule has 9 nitrogen and oxygen atoms in total. The summed E-state index contributed by atoms with van der Waals surface area (Å²) < 4.78 is 36.0. The number of ether oxygens (including phenoxy) is 1. The fraction of sp³-hybridized carbons (Fsp3) is 0.440. The van der Waals surface area contributed by atoms with E-state index in [4.69, 9.17) is 9.72 Å². The maximum Gasteiger partial charge on any atom is 0.262 e. The molecule has 0 aliphatic carbocycles. The Bertz CT molecular complexity index is 1350. The molecule has 0 saturated carbocycles. The van der Waals surface area contributed by atoms with Crippen molar-refractivity contribution in [2.45, 2.75) is 50.3 Å². The predicted molar refractivity (Wildman–Crippen MR) is 134 cm³/mol. The summed E-state index contributed by atoms with van der Waals surface area (Å²) in [6.45, 7) is 4.72. The molecule has 1 aromatic heterocycles. The van der Waals surface area contributed by atoms with Crippen LogP contribution in [0.15, 0.2) is 47.4 Å². The number of piperidine rings is 1. The van der Waals surface area contributed by atoms with Gasteiger partial charge in [-0.3, -0.25) is 4.79 Å². The molecular weight excluding hydrogens is 466 g/mol. The first-order valence-corrected chi connectivity index (χ1v) is 13.6. The highest BCUT2D eigenvalue weighted by Crippen LogP contribution is 2.34. The monoisotopic (exact) mass is 497 g/mol. The maximum atomic E-state index is 13.2. The quantitative estimate of drug-likeness (QED) is 0.563. The number of benzene rings is 2. The van der Waals surface area contributed by atoms with Crippen molar-refractivity contribution in [1.82, 2.24) is 19.2 Å². The summed E-state index contributed by atoms with van der Waals surface area (Å²) in [5.74, 6) is 1.28. The van der Waals surface area contributed by atoms with Crippen molar-refractivity contribution in [2.24, 2.45) is 0 Å². The van der Waals surface area contributed by atoms with Crippen molar-refractivity contribution in [3.63, 3.8) is 0 Å². The van der Waals surface area contributed by atoms with Gasteiger partial charge in [0.05, 0.1) is 34.7 Å². The average molecular weight is 498 g/mol. The fourth-order valence-electron chi connectivity index (χ4n) is 4.97. The van der Waals surface area contributed by atoms with Gasteiger partial charge in [-0.2, -0.15) is 4.31 Å². The molecule has 2 aromatic carbocycles. The zero-order chi connectivity index (χ0) is 24.6. The summed E-state index contributed by atoms with van der Waals surface area (Å²) in [5.41, 5.74) is 2.45. The first kappa shape index (κ1) is 23.6. The van der Waals surface area contributed by atoms with E-state index in [1.165, 1.54) is 0 Å². The van der Waals surface area contributed by atoms with Gasteiger partial charge in [-0.15, -0.1) is 0 Å². The van der Waals surface area contributed by atoms with Gasteiger partial charge in [0.15, 0.2) is 6.10 Å². The van der Waals surface area contributed by atoms with Crippen LogP contribution in [0, 0.1) is 0 Å². The molecule has 1 unspecified atom stereocenters. The Morgan fingerprint density at radius 2 is 1.91 bits per heavy atom. The number of fused-ring (bicyclic) bond motifs is 2. The molecule has 1 N–H and O–H groups in total. The van der Waals surface area contributed by atoms with Crippen molar-refractivity contribution < 1.29 is 17.9 Å². The molecule has 35 heavy (non-hydrogen) atoms. The Kier molecular flexibility index (Phi) is 6.41. The van der Waals surface area contributed by atoms with E-state index in [1.54, 1.807) is 23.5 Å². The lowest BCUT2D eigenvalue weighted by atomic mass is 10.1. The Balaban J connectivity index is 1.49. The minimum Gasteiger partial charge on any atom is -0.477 e. The number of rotatable bonds is 6. The zero-order valence-electron chi connectivity index (χ0n) is 20.1. The summed E-state index contributed by atoms with van der Waals surface area (Å²) in [7, 11) is -1.94. The van der Waals surface area contributed by atoms with E-state index in [9.17, 15) is 13.2 Å². The third kappa shape index (κ3) is 4.36. The summed E-state index contributed by atoms with van der Waals surface area (Å²) in [4.78, 5) is 19.6. The number of nitrogens with zero attached hydrogens (tertiary/aromatic N) is 4. The molecule has 1 saturated heterocycles. The first-order chi connectivity index (χ1) is 16.9. The fourth-order valence-corrected chi connectivity index (χ4v) is 6.51. The second kappa shape index (κ2) is 9.50. The number of imidazole rings is 1. The van der Waals surface area contributed by atoms with Gasteiger partial charge in [0, 0.05) is 26.7 Å². The minimum atomic E-state index is -3.54. The number of carbonyl (C=O) groups is 1. The number of aromatic nitrogens is 2. The van der Waals surface area contributed by atoms with Crippen molar-refractivity contribution in [3.8, 4) is 5.75 Å². The molecule has 1 fully saturated rings. The second-order valence-corrected chi connectivity index (χ2v) is 10.9. The van der Waals surface area contributed by atoms with Crippen LogP contribution in [-0.2, 0) is 27.9 Å². The standard InChI is InChI=1S/C25H31N5O4S/c1-3-30-20-12-11-18(35(32,33)29-13-7-4-8-14-29)15-19(20)27-24(30)17-28-16-23(25(31)26-2)34-22-10-6-5-9-21(22)28/h5-6,9-12,15,23H,3-4,7-8,13-14,16-17H2,1-2H3,(H,26,31). The lowest BCUT2D eigenvalue weighted by Gasteiger charge is -2.35. The molecule has 2 aliphatic rings. The van der Waals surface area contributed by atoms with Crippen LogP contribution in [0.1, 0.15) is 32.0 Å². The smallest absolute Gasteiger partial charge is 0.262 e. The topological polar surface area (TPSA) is 96.8 Å². The Morgan fingerprint density at radius 3 is 2.66 bits per heavy atom. The Labute approximate surface area is 205 Å². The van der Waals surface area contributed by atoms with E-state index < -0.39 is 16.1 Å². The number of hydrogen-bond acceptors (Lipinski definition) is 6. The van der Waals surface area contributed by atoms with Gasteiger partial charge < -0.3 is 19.5 Å². The number of aryl methyl sites for hydroxylation is 1. The molecular formula is C25H31N5O4S. The number of likely N-dealkylation sites (N-methyl/N-ethyl adjacent to an activating group) is 1. The van der Waals surface area contributed by atoms with E-state index in [0.29, 0.717) is 44.0 Å². The summed E-state index contributed by atoms with van der Waals surface area (Å²) in [6, 6.07) is 12.9. The third-order valence-electron chi connectivity index (χ3n) is 6.80. The molecule has 3 heterocycles. The van der Waals surface area contributed by atoms with E-state index in [-0.39, 0.29) is 10.8 Å². The van der Waals surface area contributed by atoms with E-state index >= 15 is 0 Å². The number of nitrogens with one attached hydrogen (secondary N) is 1. The molecule has 0 bridgehead atoms. The van der Waals surface area contributed by atoms with Crippen LogP contribution in [0.25, 0.3) is 11.0 Å². The van der Waals surface area contributed by atoms with Crippen molar-refractivity contribution >= 4 is 32.7 Å². The molecule has 10 heteroatoms. The summed E-state index contributed by atoms with van der Waals surface area (Å²) in [6.07, 6.45) is 2.24. The van der Waals surface area contributed by atoms with Gasteiger partial charge in [-0.1, -0.05) is 18.6 Å². The normalized spacial score (nSPS) is 18.8. The number of para-hydroxylation sites is 2. The lowest BCUT2D eigenvalue weighted by Crippen LogP contribution is -2.48. The van der Waals surface area contributed by atoms with Crippen molar-refractivity contribution in [2.75, 3.05) is 31.6 Å². The highest BCUT2D eigenvalue weighted by atomic mass is 32.2. The van der Waals surface area contributed by atoms with Crippen LogP contribution in [0.5, 0.6) is 5.75 Å². The van der Waals surface area contributed by atoms with Gasteiger partial charge >= 0.3 is 0 Å². The number of anilines is 1. The van der Waals surface area contributed by atoms with Gasteiger partial charge in [0.25, 0.3) is 5.91 Å². The predicted octanol–water partition coefficient (Wildman–Crippen LogP) is 2.74. The highest BCUT2D eigenvalue weighted by Gasteiger charge is 2.31. The minimum absolute atomic E-state index is 0.180. The van der Waals surface area contributed by atoms with Crippen LogP contribution in [-0.4, -0.2) is 61.0 Å². The molecule has 0 spiro atoms. The number of hydrogen-bond donors (Lipinski definition) is 1. The van der Waals surface area contributed by atoms with E-state index in [1.807, 2.05) is 37.3 Å². The van der Waals surface area contributed by atoms with Crippen LogP contribution in [0.2, 0.25) is 0 Å². The third-order valence-corrected chi connectivity index (χ3v) is 8.69. The number of sulfonamides is 1. The van der Waals surface area contributed by atoms with Gasteiger partial charge in [0.1, 0.15) is 11.6 Å². The van der Waals surface area contributed by atoms with Crippen molar-refractivity contribution in [3.05, 3.63) is 48.3 Å².